The monoisotopic (exact) mass is 750 g/mol. The molecule has 1 fully saturated rings. The van der Waals surface area contributed by atoms with Gasteiger partial charge < -0.3 is 28.4 Å². The summed E-state index contributed by atoms with van der Waals surface area (Å²) in [5, 5.41) is 0. The van der Waals surface area contributed by atoms with Gasteiger partial charge >= 0.3 is 0 Å². The maximum Gasteiger partial charge on any atom is 0.203 e. The van der Waals surface area contributed by atoms with Gasteiger partial charge in [0.1, 0.15) is 0 Å². The van der Waals surface area contributed by atoms with Crippen molar-refractivity contribution in [2.45, 2.75) is 33.0 Å². The van der Waals surface area contributed by atoms with Crippen LogP contribution in [0.3, 0.4) is 0 Å². The molecule has 50 heavy (non-hydrogen) atoms. The van der Waals surface area contributed by atoms with Crippen LogP contribution in [0.5, 0.6) is 34.5 Å². The van der Waals surface area contributed by atoms with Crippen LogP contribution in [0.25, 0.3) is 22.5 Å². The smallest absolute Gasteiger partial charge is 0.203 e. The van der Waals surface area contributed by atoms with Crippen molar-refractivity contribution in [3.63, 3.8) is 0 Å². The van der Waals surface area contributed by atoms with Crippen LogP contribution in [-0.4, -0.2) is 88.1 Å². The van der Waals surface area contributed by atoms with Crippen molar-refractivity contribution in [1.29, 1.82) is 0 Å². The Hall–Kier alpha value is -3.67. The summed E-state index contributed by atoms with van der Waals surface area (Å²) in [7, 11) is 9.71. The summed E-state index contributed by atoms with van der Waals surface area (Å²) < 4.78 is 33.3. The molecule has 10 nitrogen and oxygen atoms in total. The lowest BCUT2D eigenvalue weighted by Gasteiger charge is -2.43. The summed E-state index contributed by atoms with van der Waals surface area (Å²) in [6.07, 6.45) is 3.75. The summed E-state index contributed by atoms with van der Waals surface area (Å²) in [4.78, 5) is 14.5. The number of nitrogens with zero attached hydrogens (tertiary/aromatic N) is 4. The lowest BCUT2D eigenvalue weighted by molar-refractivity contribution is 0.0404. The molecule has 5 rings (SSSR count). The Balaban J connectivity index is 0.00000289. The summed E-state index contributed by atoms with van der Waals surface area (Å²) >= 11 is 0. The summed E-state index contributed by atoms with van der Waals surface area (Å²) in [5.74, 6) is 4.05. The van der Waals surface area contributed by atoms with Crippen LogP contribution in [0.1, 0.15) is 25.0 Å². The van der Waals surface area contributed by atoms with E-state index in [-0.39, 0.29) is 37.2 Å². The van der Waals surface area contributed by atoms with E-state index in [2.05, 4.69) is 57.9 Å². The molecule has 0 unspecified atom stereocenters. The van der Waals surface area contributed by atoms with E-state index < -0.39 is 0 Å². The Morgan fingerprint density at radius 1 is 0.600 bits per heavy atom. The van der Waals surface area contributed by atoms with Crippen LogP contribution in [-0.2, 0) is 13.1 Å². The molecule has 0 radical (unpaired) electrons. The number of halogens is 3. The average molecular weight is 752 g/mol. The lowest BCUT2D eigenvalue weighted by Crippen LogP contribution is -2.54. The van der Waals surface area contributed by atoms with Crippen molar-refractivity contribution in [3.8, 4) is 57.0 Å². The van der Waals surface area contributed by atoms with Crippen LogP contribution >= 0.6 is 37.2 Å². The fourth-order valence-corrected chi connectivity index (χ4v) is 6.29. The third kappa shape index (κ3) is 9.56. The number of aromatic nitrogens is 2. The van der Waals surface area contributed by atoms with Crippen molar-refractivity contribution >= 4 is 37.2 Å². The molecule has 4 aromatic rings. The zero-order valence-corrected chi connectivity index (χ0v) is 32.4. The first kappa shape index (κ1) is 42.5. The molecule has 1 aliphatic rings. The molecule has 2 aromatic heterocycles. The minimum atomic E-state index is 0. The van der Waals surface area contributed by atoms with Crippen molar-refractivity contribution in [2.24, 2.45) is 5.92 Å². The van der Waals surface area contributed by atoms with Crippen LogP contribution in [0.15, 0.2) is 60.9 Å². The summed E-state index contributed by atoms with van der Waals surface area (Å²) in [6, 6.07) is 16.7. The molecule has 1 atom stereocenters. The van der Waals surface area contributed by atoms with Gasteiger partial charge in [0.2, 0.25) is 11.5 Å². The Morgan fingerprint density at radius 2 is 1.02 bits per heavy atom. The fourth-order valence-electron chi connectivity index (χ4n) is 6.29. The van der Waals surface area contributed by atoms with Gasteiger partial charge in [0, 0.05) is 62.3 Å². The quantitative estimate of drug-likeness (QED) is 0.137. The van der Waals surface area contributed by atoms with Gasteiger partial charge in [0.05, 0.1) is 54.0 Å². The molecule has 3 heterocycles. The zero-order valence-electron chi connectivity index (χ0n) is 29.9. The molecule has 0 saturated carbocycles. The van der Waals surface area contributed by atoms with E-state index in [1.807, 2.05) is 36.7 Å². The molecule has 0 bridgehead atoms. The van der Waals surface area contributed by atoms with E-state index >= 15 is 0 Å². The summed E-state index contributed by atoms with van der Waals surface area (Å²) in [6.45, 7) is 9.22. The highest BCUT2D eigenvalue weighted by molar-refractivity contribution is 5.86. The van der Waals surface area contributed by atoms with Crippen LogP contribution in [0, 0.1) is 5.92 Å². The number of methoxy groups -OCH3 is 6. The maximum absolute atomic E-state index is 5.58. The SMILES string of the molecule is COc1cc(-c2cc(CN3CCN(Cc4ccnc(-c5cc(OC)c(OC)c(OC)c5)c4)[C@@H](C(C)C)C3)ccn2)cc(OC)c1OC.Cl.Cl.Cl. The predicted molar refractivity (Wildman–Crippen MR) is 205 cm³/mol. The van der Waals surface area contributed by atoms with Gasteiger partial charge in [-0.25, -0.2) is 0 Å². The first-order chi connectivity index (χ1) is 22.8. The molecular formula is C37H49Cl3N4O6. The van der Waals surface area contributed by atoms with Crippen molar-refractivity contribution in [2.75, 3.05) is 62.3 Å². The van der Waals surface area contributed by atoms with Gasteiger partial charge in [-0.05, 0) is 65.6 Å². The van der Waals surface area contributed by atoms with E-state index in [1.165, 1.54) is 11.1 Å². The third-order valence-electron chi connectivity index (χ3n) is 8.75. The van der Waals surface area contributed by atoms with E-state index in [4.69, 9.17) is 28.4 Å². The molecule has 0 N–H and O–H groups in total. The van der Waals surface area contributed by atoms with Crippen LogP contribution in [0.2, 0.25) is 0 Å². The average Bonchev–Trinajstić information content (AvgIpc) is 3.10. The molecule has 0 amide bonds. The molecule has 0 spiro atoms. The summed E-state index contributed by atoms with van der Waals surface area (Å²) in [5.41, 5.74) is 5.98. The number of hydrogen-bond donors (Lipinski definition) is 0. The Morgan fingerprint density at radius 3 is 1.40 bits per heavy atom. The van der Waals surface area contributed by atoms with E-state index in [1.54, 1.807) is 42.7 Å². The van der Waals surface area contributed by atoms with Crippen LogP contribution in [0.4, 0.5) is 0 Å². The number of rotatable bonds is 13. The topological polar surface area (TPSA) is 87.6 Å². The number of benzene rings is 2. The Labute approximate surface area is 314 Å². The standard InChI is InChI=1S/C37H46N4O6.3ClH/c1-24(2)31-23-40(21-25-9-11-38-29(15-25)27-17-32(42-3)36(46-7)33(18-27)43-4)13-14-41(31)22-26-10-12-39-30(16-26)28-19-34(44-5)37(47-8)35(20-28)45-6;;;/h9-12,15-20,24,31H,13-14,21-23H2,1-8H3;3*1H/t31-;;;/m1.../s1. The van der Waals surface area contributed by atoms with Gasteiger partial charge in [-0.2, -0.15) is 0 Å². The van der Waals surface area contributed by atoms with E-state index in [9.17, 15) is 0 Å². The van der Waals surface area contributed by atoms with E-state index in [0.717, 1.165) is 55.2 Å². The van der Waals surface area contributed by atoms with Crippen molar-refractivity contribution < 1.29 is 28.4 Å². The molecule has 13 heteroatoms. The highest BCUT2D eigenvalue weighted by Crippen LogP contribution is 2.42. The predicted octanol–water partition coefficient (Wildman–Crippen LogP) is 7.47. The molecule has 0 aliphatic carbocycles. The second-order valence-electron chi connectivity index (χ2n) is 11.9. The van der Waals surface area contributed by atoms with Crippen molar-refractivity contribution in [1.82, 2.24) is 19.8 Å². The molecule has 1 aliphatic heterocycles. The molecule has 1 saturated heterocycles. The molecule has 2 aromatic carbocycles. The Kier molecular flexibility index (Phi) is 16.7. The van der Waals surface area contributed by atoms with Gasteiger partial charge in [0.25, 0.3) is 0 Å². The Bertz CT molecular complexity index is 1630. The first-order valence-electron chi connectivity index (χ1n) is 15.8. The maximum atomic E-state index is 5.58. The van der Waals surface area contributed by atoms with Crippen molar-refractivity contribution in [3.05, 3.63) is 72.1 Å². The minimum Gasteiger partial charge on any atom is -0.493 e. The number of hydrogen-bond acceptors (Lipinski definition) is 10. The second kappa shape index (κ2) is 19.7. The van der Waals surface area contributed by atoms with Gasteiger partial charge in [-0.1, -0.05) is 13.8 Å². The van der Waals surface area contributed by atoms with Gasteiger partial charge in [-0.15, -0.1) is 37.2 Å². The normalized spacial score (nSPS) is 14.5. The highest BCUT2D eigenvalue weighted by atomic mass is 35.5. The highest BCUT2D eigenvalue weighted by Gasteiger charge is 2.29. The molecular weight excluding hydrogens is 703 g/mol. The van der Waals surface area contributed by atoms with Gasteiger partial charge in [-0.3, -0.25) is 19.8 Å². The third-order valence-corrected chi connectivity index (χ3v) is 8.75. The van der Waals surface area contributed by atoms with E-state index in [0.29, 0.717) is 46.5 Å². The largest absolute Gasteiger partial charge is 0.493 e. The van der Waals surface area contributed by atoms with Crippen LogP contribution < -0.4 is 28.4 Å². The second-order valence-corrected chi connectivity index (χ2v) is 11.9. The number of ether oxygens (including phenoxy) is 6. The zero-order chi connectivity index (χ0) is 33.5. The number of piperazine rings is 1. The number of pyridine rings is 2. The molecule has 274 valence electrons. The fraction of sp³-hybridized carbons (Fsp3) is 0.405. The lowest BCUT2D eigenvalue weighted by atomic mass is 9.98. The minimum absolute atomic E-state index is 0. The first-order valence-corrected chi connectivity index (χ1v) is 15.8. The van der Waals surface area contributed by atoms with Gasteiger partial charge in [0.15, 0.2) is 23.0 Å².